The number of unbranched alkanes of at least 4 members (excludes halogenated alkanes) is 1. The molecule has 35 heavy (non-hydrogen) atoms. The maximum absolute atomic E-state index is 12.5. The Bertz CT molecular complexity index is 1200. The van der Waals surface area contributed by atoms with Crippen LogP contribution in [0.25, 0.3) is 6.08 Å². The van der Waals surface area contributed by atoms with E-state index in [0.717, 1.165) is 42.0 Å². The topological polar surface area (TPSA) is 97.1 Å². The number of rotatable bonds is 13. The van der Waals surface area contributed by atoms with E-state index in [1.54, 1.807) is 24.3 Å². The molecule has 0 bridgehead atoms. The van der Waals surface area contributed by atoms with Gasteiger partial charge in [-0.3, -0.25) is 10.1 Å². The number of carbonyl (C=O) groups excluding carboxylic acids is 1. The largest absolute Gasteiger partial charge is 0.490 e. The molecule has 3 aromatic rings. The summed E-state index contributed by atoms with van der Waals surface area (Å²) in [5.41, 5.74) is 1.77. The first-order chi connectivity index (χ1) is 17.1. The van der Waals surface area contributed by atoms with Crippen LogP contribution in [0.4, 0.5) is 5.13 Å². The number of benzene rings is 2. The predicted molar refractivity (Wildman–Crippen MR) is 139 cm³/mol. The molecule has 0 spiro atoms. The second-order valence-electron chi connectivity index (χ2n) is 7.59. The summed E-state index contributed by atoms with van der Waals surface area (Å²) in [4.78, 5) is 12.5. The molecule has 1 amide bonds. The minimum absolute atomic E-state index is 0.0180. The van der Waals surface area contributed by atoms with Crippen molar-refractivity contribution in [3.63, 3.8) is 0 Å². The smallest absolute Gasteiger partial charge is 0.268 e. The second kappa shape index (κ2) is 13.7. The maximum atomic E-state index is 12.5. The van der Waals surface area contributed by atoms with E-state index in [4.69, 9.17) is 9.47 Å². The van der Waals surface area contributed by atoms with Gasteiger partial charge in [0, 0.05) is 6.42 Å². The Morgan fingerprint density at radius 2 is 1.91 bits per heavy atom. The van der Waals surface area contributed by atoms with Crippen molar-refractivity contribution in [3.8, 4) is 17.6 Å². The Kier molecular flexibility index (Phi) is 10.0. The molecule has 0 aliphatic heterocycles. The van der Waals surface area contributed by atoms with Gasteiger partial charge in [-0.15, -0.1) is 16.8 Å². The lowest BCUT2D eigenvalue weighted by molar-refractivity contribution is -0.112. The summed E-state index contributed by atoms with van der Waals surface area (Å²) in [6, 6.07) is 16.9. The molecule has 7 nitrogen and oxygen atoms in total. The zero-order chi connectivity index (χ0) is 24.9. The van der Waals surface area contributed by atoms with E-state index in [2.05, 4.69) is 29.0 Å². The summed E-state index contributed by atoms with van der Waals surface area (Å²) in [7, 11) is 0. The summed E-state index contributed by atoms with van der Waals surface area (Å²) < 4.78 is 11.6. The van der Waals surface area contributed by atoms with Crippen LogP contribution >= 0.6 is 11.3 Å². The molecule has 180 valence electrons. The number of nitriles is 1. The van der Waals surface area contributed by atoms with E-state index >= 15 is 0 Å². The van der Waals surface area contributed by atoms with Crippen LogP contribution in [-0.2, 0) is 17.6 Å². The van der Waals surface area contributed by atoms with Gasteiger partial charge < -0.3 is 9.47 Å². The van der Waals surface area contributed by atoms with Crippen LogP contribution in [0.2, 0.25) is 0 Å². The number of carbonyl (C=O) groups is 1. The number of allylic oxidation sites excluding steroid dienone is 1. The van der Waals surface area contributed by atoms with Crippen LogP contribution < -0.4 is 14.8 Å². The van der Waals surface area contributed by atoms with E-state index in [0.29, 0.717) is 29.7 Å². The molecule has 1 N–H and O–H groups in total. The molecule has 0 unspecified atom stereocenters. The number of hydrogen-bond acceptors (Lipinski definition) is 7. The van der Waals surface area contributed by atoms with Gasteiger partial charge in [0.1, 0.15) is 41.4 Å². The highest BCUT2D eigenvalue weighted by Gasteiger charge is 2.13. The first-order valence-electron chi connectivity index (χ1n) is 11.4. The van der Waals surface area contributed by atoms with E-state index in [-0.39, 0.29) is 5.57 Å². The van der Waals surface area contributed by atoms with Crippen molar-refractivity contribution in [1.82, 2.24) is 10.2 Å². The van der Waals surface area contributed by atoms with Crippen LogP contribution in [0.1, 0.15) is 35.9 Å². The SMILES string of the molecule is C=CCc1ccccc1OCCOc1ccc(/C=C(/C#N)C(=O)Nc2nnc(CCCC)s2)cc1. The fourth-order valence-electron chi connectivity index (χ4n) is 3.15. The van der Waals surface area contributed by atoms with Crippen LogP contribution in [0.5, 0.6) is 11.5 Å². The molecule has 0 fully saturated rings. The molecule has 0 saturated heterocycles. The fraction of sp³-hybridized carbons (Fsp3) is 0.259. The van der Waals surface area contributed by atoms with Crippen molar-refractivity contribution in [2.45, 2.75) is 32.6 Å². The number of ether oxygens (including phenoxy) is 2. The zero-order valence-corrected chi connectivity index (χ0v) is 20.5. The summed E-state index contributed by atoms with van der Waals surface area (Å²) in [5, 5.41) is 21.4. The van der Waals surface area contributed by atoms with Crippen molar-refractivity contribution < 1.29 is 14.3 Å². The van der Waals surface area contributed by atoms with E-state index in [1.165, 1.54) is 17.4 Å². The number of aryl methyl sites for hydroxylation is 1. The van der Waals surface area contributed by atoms with Gasteiger partial charge in [-0.1, -0.05) is 61.1 Å². The lowest BCUT2D eigenvalue weighted by Crippen LogP contribution is -2.13. The average Bonchev–Trinajstić information content (AvgIpc) is 3.32. The number of nitrogens with zero attached hydrogens (tertiary/aromatic N) is 3. The summed E-state index contributed by atoms with van der Waals surface area (Å²) >= 11 is 1.33. The molecule has 2 aromatic carbocycles. The standard InChI is InChI=1S/C27H28N4O3S/c1-3-5-11-25-30-31-27(35-25)29-26(32)22(19-28)18-20-12-14-23(15-13-20)33-16-17-34-24-10-7-6-9-21(24)8-4-2/h4,6-7,9-10,12-15,18H,2-3,5,8,11,16-17H2,1H3,(H,29,31,32)/b22-18-. The Hall–Kier alpha value is -3.96. The van der Waals surface area contributed by atoms with Gasteiger partial charge in [-0.2, -0.15) is 5.26 Å². The fourth-order valence-corrected chi connectivity index (χ4v) is 3.93. The highest BCUT2D eigenvalue weighted by atomic mass is 32.1. The molecular formula is C27H28N4O3S. The number of anilines is 1. The molecular weight excluding hydrogens is 460 g/mol. The Morgan fingerprint density at radius 3 is 2.66 bits per heavy atom. The number of para-hydroxylation sites is 1. The summed E-state index contributed by atoms with van der Waals surface area (Å²) in [5.74, 6) is 0.978. The average molecular weight is 489 g/mol. The normalized spacial score (nSPS) is 10.9. The Balaban J connectivity index is 1.51. The zero-order valence-electron chi connectivity index (χ0n) is 19.7. The third kappa shape index (κ3) is 8.09. The quantitative estimate of drug-likeness (QED) is 0.145. The second-order valence-corrected chi connectivity index (χ2v) is 8.66. The number of aromatic nitrogens is 2. The maximum Gasteiger partial charge on any atom is 0.268 e. The molecule has 1 aromatic heterocycles. The highest BCUT2D eigenvalue weighted by molar-refractivity contribution is 7.15. The molecule has 3 rings (SSSR count). The van der Waals surface area contributed by atoms with E-state index in [9.17, 15) is 10.1 Å². The first-order valence-corrected chi connectivity index (χ1v) is 12.2. The van der Waals surface area contributed by atoms with Crippen molar-refractivity contribution in [2.24, 2.45) is 0 Å². The van der Waals surface area contributed by atoms with E-state index < -0.39 is 5.91 Å². The minimum Gasteiger partial charge on any atom is -0.490 e. The van der Waals surface area contributed by atoms with Crippen molar-refractivity contribution in [2.75, 3.05) is 18.5 Å². The van der Waals surface area contributed by atoms with E-state index in [1.807, 2.05) is 36.4 Å². The van der Waals surface area contributed by atoms with Gasteiger partial charge in [-0.25, -0.2) is 0 Å². The molecule has 0 aliphatic rings. The van der Waals surface area contributed by atoms with Gasteiger partial charge in [0.2, 0.25) is 5.13 Å². The van der Waals surface area contributed by atoms with Crippen molar-refractivity contribution in [1.29, 1.82) is 5.26 Å². The van der Waals surface area contributed by atoms with Crippen LogP contribution in [0.15, 0.2) is 66.8 Å². The molecule has 0 radical (unpaired) electrons. The molecule has 8 heteroatoms. The predicted octanol–water partition coefficient (Wildman–Crippen LogP) is 5.61. The van der Waals surface area contributed by atoms with Gasteiger partial charge in [-0.05, 0) is 48.2 Å². The number of hydrogen-bond donors (Lipinski definition) is 1. The monoisotopic (exact) mass is 488 g/mol. The highest BCUT2D eigenvalue weighted by Crippen LogP contribution is 2.20. The Morgan fingerprint density at radius 1 is 1.14 bits per heavy atom. The van der Waals surface area contributed by atoms with Gasteiger partial charge in [0.05, 0.1) is 0 Å². The number of amides is 1. The summed E-state index contributed by atoms with van der Waals surface area (Å²) in [6.07, 6.45) is 7.02. The van der Waals surface area contributed by atoms with Crippen molar-refractivity contribution in [3.05, 3.63) is 82.9 Å². The van der Waals surface area contributed by atoms with Gasteiger partial charge in [0.15, 0.2) is 0 Å². The lowest BCUT2D eigenvalue weighted by atomic mass is 10.1. The van der Waals surface area contributed by atoms with Crippen LogP contribution in [0.3, 0.4) is 0 Å². The lowest BCUT2D eigenvalue weighted by Gasteiger charge is -2.11. The molecule has 0 aliphatic carbocycles. The van der Waals surface area contributed by atoms with Gasteiger partial charge >= 0.3 is 0 Å². The third-order valence-corrected chi connectivity index (χ3v) is 5.83. The molecule has 0 atom stereocenters. The summed E-state index contributed by atoms with van der Waals surface area (Å²) in [6.45, 7) is 6.66. The van der Waals surface area contributed by atoms with Gasteiger partial charge in [0.25, 0.3) is 5.91 Å². The molecule has 1 heterocycles. The Labute approximate surface area is 209 Å². The van der Waals surface area contributed by atoms with Crippen molar-refractivity contribution >= 4 is 28.5 Å². The minimum atomic E-state index is -0.514. The van der Waals surface area contributed by atoms with Crippen LogP contribution in [-0.4, -0.2) is 29.3 Å². The molecule has 0 saturated carbocycles. The third-order valence-electron chi connectivity index (χ3n) is 4.93. The van der Waals surface area contributed by atoms with Crippen LogP contribution in [0, 0.1) is 11.3 Å². The number of nitrogens with one attached hydrogen (secondary N) is 1. The first kappa shape index (κ1) is 25.7.